The molecule has 4 atom stereocenters. The smallest absolute Gasteiger partial charge is 0.248 e. The molecule has 2 aliphatic carbocycles. The summed E-state index contributed by atoms with van der Waals surface area (Å²) in [4.78, 5) is 0. The van der Waals surface area contributed by atoms with E-state index in [9.17, 15) is 19.0 Å². The van der Waals surface area contributed by atoms with Gasteiger partial charge >= 0.3 is 0 Å². The highest BCUT2D eigenvalue weighted by Gasteiger charge is 2.49. The first kappa shape index (κ1) is 16.4. The summed E-state index contributed by atoms with van der Waals surface area (Å²) in [6.07, 6.45) is 4.01. The Bertz CT molecular complexity index is 753. The number of hydrogen-bond acceptors (Lipinski definition) is 3. The molecule has 3 nitrogen and oxygen atoms in total. The molecular formula is C20H22F2O3. The van der Waals surface area contributed by atoms with Crippen LogP contribution in [0.3, 0.4) is 0 Å². The highest BCUT2D eigenvalue weighted by Crippen LogP contribution is 2.54. The maximum absolute atomic E-state index is 14.1. The Morgan fingerprint density at radius 3 is 2.76 bits per heavy atom. The van der Waals surface area contributed by atoms with Crippen LogP contribution in [-0.2, 0) is 0 Å². The number of rotatable bonds is 1. The van der Waals surface area contributed by atoms with Crippen LogP contribution in [0.1, 0.15) is 44.1 Å². The Labute approximate surface area is 145 Å². The molecule has 1 aromatic rings. The summed E-state index contributed by atoms with van der Waals surface area (Å²) in [6, 6.07) is 4.76. The number of phenolic OH excluding ortho intramolecular Hbond substituents is 1. The average molecular weight is 348 g/mol. The van der Waals surface area contributed by atoms with Crippen molar-refractivity contribution in [3.63, 3.8) is 0 Å². The lowest BCUT2D eigenvalue weighted by molar-refractivity contribution is -0.0721. The minimum atomic E-state index is -2.68. The Morgan fingerprint density at radius 1 is 1.20 bits per heavy atom. The zero-order chi connectivity index (χ0) is 17.8. The lowest BCUT2D eigenvalue weighted by Crippen LogP contribution is -2.44. The van der Waals surface area contributed by atoms with Gasteiger partial charge in [0, 0.05) is 36.2 Å². The summed E-state index contributed by atoms with van der Waals surface area (Å²) in [7, 11) is 0. The minimum absolute atomic E-state index is 0.00768. The fraction of sp³-hybridized carbons (Fsp3) is 0.500. The van der Waals surface area contributed by atoms with Gasteiger partial charge in [-0.05, 0) is 42.7 Å². The van der Waals surface area contributed by atoms with Gasteiger partial charge in [-0.15, -0.1) is 0 Å². The van der Waals surface area contributed by atoms with Crippen molar-refractivity contribution in [1.82, 2.24) is 0 Å². The van der Waals surface area contributed by atoms with Crippen LogP contribution in [0.4, 0.5) is 8.78 Å². The van der Waals surface area contributed by atoms with Gasteiger partial charge in [-0.25, -0.2) is 8.78 Å². The number of phenols is 1. The van der Waals surface area contributed by atoms with Crippen LogP contribution >= 0.6 is 0 Å². The summed E-state index contributed by atoms with van der Waals surface area (Å²) in [6.45, 7) is 1.94. The van der Waals surface area contributed by atoms with Gasteiger partial charge in [0.1, 0.15) is 17.6 Å². The number of fused-ring (bicyclic) bond motifs is 3. The number of benzene rings is 1. The number of aliphatic hydroxyl groups excluding tert-OH is 1. The van der Waals surface area contributed by atoms with E-state index in [0.717, 1.165) is 5.57 Å². The maximum atomic E-state index is 14.1. The van der Waals surface area contributed by atoms with Crippen LogP contribution in [0, 0.1) is 11.8 Å². The van der Waals surface area contributed by atoms with Gasteiger partial charge in [-0.2, -0.15) is 0 Å². The maximum Gasteiger partial charge on any atom is 0.248 e. The SMILES string of the molecule is CC1CC([C@H]2Oc3ccc(O)cc3[C@H]3CC(F)(F)CC[C@@H]23)=CC=C1O. The van der Waals surface area contributed by atoms with Crippen molar-refractivity contribution in [3.05, 3.63) is 47.2 Å². The molecular weight excluding hydrogens is 326 g/mol. The van der Waals surface area contributed by atoms with E-state index in [-0.39, 0.29) is 42.4 Å². The zero-order valence-corrected chi connectivity index (χ0v) is 14.1. The van der Waals surface area contributed by atoms with Crippen molar-refractivity contribution in [3.8, 4) is 11.5 Å². The number of aliphatic hydroxyl groups is 1. The van der Waals surface area contributed by atoms with Gasteiger partial charge < -0.3 is 14.9 Å². The topological polar surface area (TPSA) is 49.7 Å². The molecule has 0 radical (unpaired) electrons. The van der Waals surface area contributed by atoms with Gasteiger partial charge in [-0.3, -0.25) is 0 Å². The van der Waals surface area contributed by atoms with Crippen LogP contribution in [0.5, 0.6) is 11.5 Å². The van der Waals surface area contributed by atoms with E-state index >= 15 is 0 Å². The van der Waals surface area contributed by atoms with E-state index in [1.54, 1.807) is 18.2 Å². The number of alkyl halides is 2. The highest BCUT2D eigenvalue weighted by molar-refractivity contribution is 5.46. The van der Waals surface area contributed by atoms with E-state index in [4.69, 9.17) is 4.74 Å². The number of hydrogen-bond donors (Lipinski definition) is 2. The molecule has 2 N–H and O–H groups in total. The minimum Gasteiger partial charge on any atom is -0.512 e. The van der Waals surface area contributed by atoms with Crippen LogP contribution in [-0.4, -0.2) is 22.2 Å². The molecule has 134 valence electrons. The molecule has 25 heavy (non-hydrogen) atoms. The number of halogens is 2. The van der Waals surface area contributed by atoms with Crippen LogP contribution < -0.4 is 4.74 Å². The van der Waals surface area contributed by atoms with Crippen LogP contribution in [0.2, 0.25) is 0 Å². The highest BCUT2D eigenvalue weighted by atomic mass is 19.3. The monoisotopic (exact) mass is 348 g/mol. The molecule has 0 amide bonds. The summed E-state index contributed by atoms with van der Waals surface area (Å²) >= 11 is 0. The molecule has 0 spiro atoms. The Balaban J connectivity index is 1.74. The van der Waals surface area contributed by atoms with Gasteiger partial charge in [0.15, 0.2) is 0 Å². The zero-order valence-electron chi connectivity index (χ0n) is 14.1. The van der Waals surface area contributed by atoms with Gasteiger partial charge in [0.25, 0.3) is 0 Å². The summed E-state index contributed by atoms with van der Waals surface area (Å²) in [5, 5.41) is 19.6. The van der Waals surface area contributed by atoms with Crippen molar-refractivity contribution in [2.75, 3.05) is 0 Å². The van der Waals surface area contributed by atoms with E-state index < -0.39 is 5.92 Å². The van der Waals surface area contributed by atoms with E-state index in [0.29, 0.717) is 29.9 Å². The second kappa shape index (κ2) is 5.75. The molecule has 1 aromatic carbocycles. The first-order chi connectivity index (χ1) is 11.8. The van der Waals surface area contributed by atoms with Crippen molar-refractivity contribution in [1.29, 1.82) is 0 Å². The molecule has 1 fully saturated rings. The third kappa shape index (κ3) is 2.90. The summed E-state index contributed by atoms with van der Waals surface area (Å²) < 4.78 is 34.4. The van der Waals surface area contributed by atoms with E-state index in [2.05, 4.69) is 0 Å². The van der Waals surface area contributed by atoms with E-state index in [1.165, 1.54) is 6.07 Å². The molecule has 0 aromatic heterocycles. The van der Waals surface area contributed by atoms with Crippen molar-refractivity contribution in [2.24, 2.45) is 11.8 Å². The van der Waals surface area contributed by atoms with Crippen LogP contribution in [0.25, 0.3) is 0 Å². The van der Waals surface area contributed by atoms with Gasteiger partial charge in [0.2, 0.25) is 5.92 Å². The Hall–Kier alpha value is -2.04. The summed E-state index contributed by atoms with van der Waals surface area (Å²) in [5.74, 6) is -2.05. The van der Waals surface area contributed by atoms with Gasteiger partial charge in [0.05, 0.1) is 5.76 Å². The molecule has 1 heterocycles. The molecule has 1 aliphatic heterocycles. The molecule has 5 heteroatoms. The molecule has 4 rings (SSSR count). The Morgan fingerprint density at radius 2 is 2.00 bits per heavy atom. The molecule has 1 unspecified atom stereocenters. The third-order valence-corrected chi connectivity index (χ3v) is 5.79. The predicted molar refractivity (Wildman–Crippen MR) is 90.1 cm³/mol. The lowest BCUT2D eigenvalue weighted by Gasteiger charge is -2.45. The number of ether oxygens (including phenoxy) is 1. The quantitative estimate of drug-likeness (QED) is 0.744. The van der Waals surface area contributed by atoms with Crippen molar-refractivity contribution >= 4 is 0 Å². The second-order valence-corrected chi connectivity index (χ2v) is 7.57. The lowest BCUT2D eigenvalue weighted by atomic mass is 9.67. The van der Waals surface area contributed by atoms with Crippen LogP contribution in [0.15, 0.2) is 41.7 Å². The van der Waals surface area contributed by atoms with E-state index in [1.807, 2.05) is 13.0 Å². The average Bonchev–Trinajstić information content (AvgIpc) is 2.56. The largest absolute Gasteiger partial charge is 0.512 e. The fourth-order valence-electron chi connectivity index (χ4n) is 4.46. The first-order valence-electron chi connectivity index (χ1n) is 8.81. The van der Waals surface area contributed by atoms with Gasteiger partial charge in [-0.1, -0.05) is 13.0 Å². The predicted octanol–water partition coefficient (Wildman–Crippen LogP) is 5.08. The molecule has 1 saturated carbocycles. The molecule has 0 saturated heterocycles. The molecule has 0 bridgehead atoms. The fourth-order valence-corrected chi connectivity index (χ4v) is 4.46. The standard InChI is InChI=1S/C20H22F2O3/c1-11-8-12(2-4-17(11)24)19-14-6-7-20(21,22)10-16(14)15-9-13(23)3-5-18(15)25-19/h2-5,9,11,14,16,19,23-24H,6-8,10H2,1H3/t11?,14-,16+,19-/m1/s1. The first-order valence-corrected chi connectivity index (χ1v) is 8.81. The second-order valence-electron chi connectivity index (χ2n) is 7.57. The third-order valence-electron chi connectivity index (χ3n) is 5.79. The molecule has 3 aliphatic rings. The number of aromatic hydroxyl groups is 1. The normalized spacial score (nSPS) is 33.4. The Kier molecular flexibility index (Phi) is 3.78. The van der Waals surface area contributed by atoms with Crippen molar-refractivity contribution < 1.29 is 23.7 Å². The van der Waals surface area contributed by atoms with Crippen molar-refractivity contribution in [2.45, 2.75) is 50.6 Å². The number of allylic oxidation sites excluding steroid dienone is 3. The summed E-state index contributed by atoms with van der Waals surface area (Å²) in [5.41, 5.74) is 1.73.